The van der Waals surface area contributed by atoms with Crippen molar-refractivity contribution in [2.24, 2.45) is 0 Å². The summed E-state index contributed by atoms with van der Waals surface area (Å²) in [5.41, 5.74) is 26.4. The van der Waals surface area contributed by atoms with Gasteiger partial charge in [0, 0.05) is 39.0 Å². The Morgan fingerprint density at radius 1 is 0.330 bits per heavy atom. The number of fused-ring (bicyclic) bond motifs is 13. The predicted molar refractivity (Wildman–Crippen MR) is 442 cm³/mol. The fourth-order valence-corrected chi connectivity index (χ4v) is 18.5. The monoisotopic (exact) mass is 1360 g/mol. The highest BCUT2D eigenvalue weighted by Crippen LogP contribution is 2.61. The summed E-state index contributed by atoms with van der Waals surface area (Å²) in [7, 11) is 0. The van der Waals surface area contributed by atoms with Gasteiger partial charge in [0.15, 0.2) is 0 Å². The lowest BCUT2D eigenvalue weighted by Crippen LogP contribution is -2.59. The van der Waals surface area contributed by atoms with E-state index in [9.17, 15) is 8.22 Å². The third-order valence-corrected chi connectivity index (χ3v) is 23.0. The summed E-state index contributed by atoms with van der Waals surface area (Å²) in [5.74, 6) is 1.40. The van der Waals surface area contributed by atoms with E-state index in [4.69, 9.17) is 7.48 Å². The van der Waals surface area contributed by atoms with Crippen LogP contribution in [0.4, 0.5) is 17.1 Å². The van der Waals surface area contributed by atoms with Crippen molar-refractivity contribution in [3.63, 3.8) is 0 Å². The Bertz CT molecular complexity index is 6560. The second-order valence-corrected chi connectivity index (χ2v) is 29.5. The topological polar surface area (TPSA) is 17.4 Å². The summed E-state index contributed by atoms with van der Waals surface area (Å²) < 4.78 is 85.4. The summed E-state index contributed by atoms with van der Waals surface area (Å²) in [5, 5.41) is -0.000561. The molecule has 2 aliphatic carbocycles. The molecule has 0 bridgehead atoms. The van der Waals surface area contributed by atoms with Crippen molar-refractivity contribution < 1.29 is 15.7 Å². The Morgan fingerprint density at radius 2 is 0.755 bits per heavy atom. The first-order valence-corrected chi connectivity index (χ1v) is 36.5. The van der Waals surface area contributed by atoms with E-state index in [2.05, 4.69) is 341 Å². The molecule has 4 aliphatic rings. The lowest BCUT2D eigenvalue weighted by molar-refractivity contribution is 0.483. The number of para-hydroxylation sites is 3. The van der Waals surface area contributed by atoms with E-state index in [1.54, 1.807) is 4.57 Å². The minimum absolute atomic E-state index is 0.000280. The summed E-state index contributed by atoms with van der Waals surface area (Å²) in [4.78, 5) is 2.43. The molecule has 0 atom stereocenters. The van der Waals surface area contributed by atoms with Gasteiger partial charge in [0.25, 0.3) is 6.71 Å². The normalized spacial score (nSPS) is 14.9. The van der Waals surface area contributed by atoms with Crippen LogP contribution in [0.15, 0.2) is 376 Å². The standard InChI is InChI=1S/C102H71BN2O/c1-100(2,3)74-63-95-98-97(64-74)106-96-62-69(77-41-20-19-40-76(77)66-30-9-4-10-31-66)54-58-91(96)103(98)90-59-55-75(104-92-50-27-23-44-84(92)85-45-24-28-51-93(85)104)65-94(90)105(95)99-78(67-52-56-82-80-42-21-25-48-86(80)101(88(82)60-67,70-32-11-5-12-33-70)71-34-13-6-14-35-71)46-29-47-79(99)68-53-57-83-81-43-22-26-49-87(81)102(89(83)61-68,72-36-15-7-16-37-72)73-38-17-8-18-39-73/h4-65H,1-3H3/i23D,24D,27D,28D,44D,45D,50D,51D. The van der Waals surface area contributed by atoms with Gasteiger partial charge < -0.3 is 14.2 Å². The van der Waals surface area contributed by atoms with Gasteiger partial charge in [-0.25, -0.2) is 0 Å². The molecular formula is C102H71BN2O. The zero-order chi connectivity index (χ0) is 77.4. The summed E-state index contributed by atoms with van der Waals surface area (Å²) in [6.45, 7) is 6.23. The van der Waals surface area contributed by atoms with Crippen molar-refractivity contribution in [3.05, 3.63) is 426 Å². The Morgan fingerprint density at radius 3 is 1.27 bits per heavy atom. The first-order chi connectivity index (χ1) is 55.5. The van der Waals surface area contributed by atoms with Gasteiger partial charge in [0.05, 0.1) is 38.5 Å². The molecule has 3 heterocycles. The molecule has 0 spiro atoms. The fraction of sp³-hybridized carbons (Fsp3) is 0.0588. The maximum Gasteiger partial charge on any atom is 0.256 e. The van der Waals surface area contributed by atoms with Gasteiger partial charge in [0.2, 0.25) is 0 Å². The zero-order valence-electron chi connectivity index (χ0n) is 66.6. The van der Waals surface area contributed by atoms with E-state index in [0.29, 0.717) is 17.2 Å². The molecule has 0 radical (unpaired) electrons. The predicted octanol–water partition coefficient (Wildman–Crippen LogP) is 23.9. The largest absolute Gasteiger partial charge is 0.458 e. The Hall–Kier alpha value is -13.0. The molecule has 106 heavy (non-hydrogen) atoms. The van der Waals surface area contributed by atoms with Gasteiger partial charge in [-0.15, -0.1) is 0 Å². The third kappa shape index (κ3) is 9.01. The highest BCUT2D eigenvalue weighted by Gasteiger charge is 2.50. The minimum Gasteiger partial charge on any atom is -0.458 e. The highest BCUT2D eigenvalue weighted by molar-refractivity contribution is 6.99. The molecule has 1 aromatic heterocycles. The zero-order valence-corrected chi connectivity index (χ0v) is 58.6. The van der Waals surface area contributed by atoms with Gasteiger partial charge in [-0.3, -0.25) is 0 Å². The van der Waals surface area contributed by atoms with Crippen LogP contribution in [0, 0.1) is 0 Å². The molecule has 0 saturated heterocycles. The average molecular weight is 1360 g/mol. The average Bonchev–Trinajstić information content (AvgIpc) is 1.68. The van der Waals surface area contributed by atoms with Gasteiger partial charge >= 0.3 is 0 Å². The molecule has 3 nitrogen and oxygen atoms in total. The molecule has 498 valence electrons. The van der Waals surface area contributed by atoms with Crippen LogP contribution in [0.25, 0.3) is 94.3 Å². The molecule has 0 amide bonds. The third-order valence-electron chi connectivity index (χ3n) is 23.0. The highest BCUT2D eigenvalue weighted by atomic mass is 16.5. The van der Waals surface area contributed by atoms with Gasteiger partial charge in [0.1, 0.15) is 11.5 Å². The number of ether oxygens (including phenoxy) is 1. The first kappa shape index (κ1) is 53.8. The van der Waals surface area contributed by atoms with Crippen LogP contribution in [0.2, 0.25) is 0 Å². The van der Waals surface area contributed by atoms with E-state index in [-0.39, 0.29) is 33.9 Å². The number of benzene rings is 16. The molecule has 21 rings (SSSR count). The number of rotatable bonds is 10. The fourth-order valence-electron chi connectivity index (χ4n) is 18.5. The number of hydrogen-bond donors (Lipinski definition) is 0. The van der Waals surface area contributed by atoms with Crippen molar-refractivity contribution >= 4 is 62.0 Å². The molecule has 0 saturated carbocycles. The number of hydrogen-bond acceptors (Lipinski definition) is 2. The van der Waals surface area contributed by atoms with E-state index >= 15 is 0 Å². The van der Waals surface area contributed by atoms with Gasteiger partial charge in [-0.2, -0.15) is 0 Å². The molecule has 4 heteroatoms. The quantitative estimate of drug-likeness (QED) is 0.127. The van der Waals surface area contributed by atoms with Gasteiger partial charge in [-0.05, 0) is 182 Å². The summed E-state index contributed by atoms with van der Waals surface area (Å²) in [6, 6.07) is 115. The summed E-state index contributed by atoms with van der Waals surface area (Å²) in [6.07, 6.45) is 0. The lowest BCUT2D eigenvalue weighted by atomic mass is 9.34. The maximum absolute atomic E-state index is 9.91. The minimum atomic E-state index is -0.767. The van der Waals surface area contributed by atoms with Crippen molar-refractivity contribution in [2.45, 2.75) is 37.0 Å². The van der Waals surface area contributed by atoms with Crippen LogP contribution in [0.3, 0.4) is 0 Å². The van der Waals surface area contributed by atoms with E-state index < -0.39 is 59.2 Å². The summed E-state index contributed by atoms with van der Waals surface area (Å²) >= 11 is 0. The first-order valence-electron chi connectivity index (χ1n) is 40.5. The van der Waals surface area contributed by atoms with Crippen molar-refractivity contribution in [3.8, 4) is 83.9 Å². The SMILES string of the molecule is [2H]c1c([2H])c([2H])c2c(c1[2H])c1c([2H])c([2H])c([2H])c([2H])c1n2-c1ccc2c(c1)N(c1c(-c3ccc4c(c3)C(c3ccccc3)(c3ccccc3)c3ccccc3-4)cccc1-c1ccc3c(c1)C(c1ccccc1)(c1ccccc1)c1ccccc1-3)c1cc(C(C)(C)C)cc3c1B2c1ccc(-c2ccccc2-c2ccccc2)cc1O3. The van der Waals surface area contributed by atoms with Crippen LogP contribution in [-0.4, -0.2) is 11.3 Å². The Labute approximate surface area is 630 Å². The van der Waals surface area contributed by atoms with Crippen LogP contribution in [-0.2, 0) is 16.2 Å². The molecule has 0 fully saturated rings. The number of nitrogens with zero attached hydrogens (tertiary/aromatic N) is 2. The van der Waals surface area contributed by atoms with Crippen LogP contribution in [0.1, 0.15) is 81.8 Å². The molecule has 0 unspecified atom stereocenters. The molecule has 16 aromatic carbocycles. The number of anilines is 3. The molecule has 0 N–H and O–H groups in total. The van der Waals surface area contributed by atoms with Crippen molar-refractivity contribution in [1.29, 1.82) is 0 Å². The second kappa shape index (κ2) is 23.8. The molecule has 17 aromatic rings. The van der Waals surface area contributed by atoms with E-state index in [1.807, 2.05) is 12.1 Å². The molecular weight excluding hydrogens is 1280 g/mol. The number of aromatic nitrogens is 1. The second-order valence-electron chi connectivity index (χ2n) is 29.5. The van der Waals surface area contributed by atoms with Crippen molar-refractivity contribution in [1.82, 2.24) is 4.57 Å². The smallest absolute Gasteiger partial charge is 0.256 e. The van der Waals surface area contributed by atoms with Crippen LogP contribution < -0.4 is 26.0 Å². The van der Waals surface area contributed by atoms with Gasteiger partial charge in [-0.1, -0.05) is 342 Å². The lowest BCUT2D eigenvalue weighted by Gasteiger charge is -2.42. The van der Waals surface area contributed by atoms with E-state index in [0.717, 1.165) is 139 Å². The van der Waals surface area contributed by atoms with Crippen molar-refractivity contribution in [2.75, 3.05) is 4.90 Å². The van der Waals surface area contributed by atoms with Crippen LogP contribution >= 0.6 is 0 Å². The van der Waals surface area contributed by atoms with E-state index in [1.165, 1.54) is 11.1 Å². The molecule has 2 aliphatic heterocycles. The Kier molecular flexibility index (Phi) is 12.1. The van der Waals surface area contributed by atoms with Crippen LogP contribution in [0.5, 0.6) is 11.5 Å². The Balaban J connectivity index is 0.907. The maximum atomic E-state index is 9.91.